The van der Waals surface area contributed by atoms with Gasteiger partial charge >= 0.3 is 0 Å². The maximum atomic E-state index is 4.96. The third-order valence-corrected chi connectivity index (χ3v) is 6.34. The molecule has 0 N–H and O–H groups in total. The summed E-state index contributed by atoms with van der Waals surface area (Å²) in [6, 6.07) is 11.8. The first kappa shape index (κ1) is 17.7. The highest BCUT2D eigenvalue weighted by Crippen LogP contribution is 2.42. The summed E-state index contributed by atoms with van der Waals surface area (Å²) in [5, 5.41) is 0. The Balaban J connectivity index is 1.61. The van der Waals surface area contributed by atoms with E-state index in [1.165, 1.54) is 61.2 Å². The van der Waals surface area contributed by atoms with Gasteiger partial charge in [0.15, 0.2) is 0 Å². The third kappa shape index (κ3) is 3.42. The van der Waals surface area contributed by atoms with Crippen LogP contribution < -0.4 is 0 Å². The number of nitrogens with zero attached hydrogens (tertiary/aromatic N) is 3. The van der Waals surface area contributed by atoms with E-state index in [1.807, 2.05) is 0 Å². The largest absolute Gasteiger partial charge is 0.303 e. The molecule has 0 saturated heterocycles. The second-order valence-corrected chi connectivity index (χ2v) is 8.41. The van der Waals surface area contributed by atoms with Crippen molar-refractivity contribution in [3.05, 3.63) is 58.7 Å². The highest BCUT2D eigenvalue weighted by atomic mass is 15.1. The lowest BCUT2D eigenvalue weighted by molar-refractivity contribution is 0.319. The van der Waals surface area contributed by atoms with Gasteiger partial charge in [0.25, 0.3) is 0 Å². The zero-order valence-corrected chi connectivity index (χ0v) is 16.5. The van der Waals surface area contributed by atoms with Crippen molar-refractivity contribution in [2.24, 2.45) is 0 Å². The molecule has 1 saturated carbocycles. The Morgan fingerprint density at radius 3 is 2.65 bits per heavy atom. The van der Waals surface area contributed by atoms with Crippen molar-refractivity contribution in [1.82, 2.24) is 14.9 Å². The van der Waals surface area contributed by atoms with Crippen molar-refractivity contribution < 1.29 is 0 Å². The minimum atomic E-state index is 0.0160. The molecule has 1 fully saturated rings. The molecule has 1 aromatic carbocycles. The Labute approximate surface area is 157 Å². The zero-order valence-electron chi connectivity index (χ0n) is 16.5. The summed E-state index contributed by atoms with van der Waals surface area (Å²) in [6.45, 7) is 5.61. The fourth-order valence-corrected chi connectivity index (χ4v) is 4.60. The lowest BCUT2D eigenvalue weighted by Crippen LogP contribution is -2.32. The molecule has 3 nitrogen and oxygen atoms in total. The van der Waals surface area contributed by atoms with Gasteiger partial charge in [-0.25, -0.2) is 9.97 Å². The molecule has 2 aromatic rings. The fraction of sp³-hybridized carbons (Fsp3) is 0.565. The highest BCUT2D eigenvalue weighted by Gasteiger charge is 2.36. The predicted octanol–water partition coefficient (Wildman–Crippen LogP) is 4.45. The quantitative estimate of drug-likeness (QED) is 0.771. The first-order valence-electron chi connectivity index (χ1n) is 10.2. The second-order valence-electron chi connectivity index (χ2n) is 8.41. The molecule has 4 rings (SSSR count). The van der Waals surface area contributed by atoms with Crippen molar-refractivity contribution in [1.29, 1.82) is 0 Å². The van der Waals surface area contributed by atoms with Crippen LogP contribution in [0.3, 0.4) is 0 Å². The molecule has 0 spiro atoms. The summed E-state index contributed by atoms with van der Waals surface area (Å²) in [6.07, 6.45) is 8.56. The Bertz CT molecular complexity index is 767. The number of hydrogen-bond donors (Lipinski definition) is 0. The van der Waals surface area contributed by atoms with Gasteiger partial charge in [0.2, 0.25) is 0 Å². The summed E-state index contributed by atoms with van der Waals surface area (Å²) in [5.41, 5.74) is 5.43. The van der Waals surface area contributed by atoms with Gasteiger partial charge in [0.05, 0.1) is 5.69 Å². The van der Waals surface area contributed by atoms with Crippen molar-refractivity contribution in [3.63, 3.8) is 0 Å². The van der Waals surface area contributed by atoms with E-state index >= 15 is 0 Å². The minimum Gasteiger partial charge on any atom is -0.303 e. The molecule has 0 aliphatic heterocycles. The van der Waals surface area contributed by atoms with Crippen LogP contribution in [0.15, 0.2) is 30.3 Å². The smallest absolute Gasteiger partial charge is 0.125 e. The van der Waals surface area contributed by atoms with Crippen LogP contribution >= 0.6 is 0 Å². The Morgan fingerprint density at radius 1 is 1.15 bits per heavy atom. The Morgan fingerprint density at radius 2 is 1.92 bits per heavy atom. The van der Waals surface area contributed by atoms with Gasteiger partial charge < -0.3 is 4.90 Å². The SMILES string of the molecule is Cc1nc(CCCN(C)C2CC2)c2c(n1)[C@](C)(c1ccccc1)CCC2. The number of aromatic nitrogens is 2. The van der Waals surface area contributed by atoms with Crippen LogP contribution in [0.2, 0.25) is 0 Å². The first-order valence-corrected chi connectivity index (χ1v) is 10.2. The van der Waals surface area contributed by atoms with E-state index in [0.29, 0.717) is 0 Å². The van der Waals surface area contributed by atoms with Crippen molar-refractivity contribution in [2.45, 2.75) is 70.3 Å². The highest BCUT2D eigenvalue weighted by molar-refractivity contribution is 5.43. The van der Waals surface area contributed by atoms with Gasteiger partial charge in [0.1, 0.15) is 5.82 Å². The van der Waals surface area contributed by atoms with Gasteiger partial charge in [-0.3, -0.25) is 0 Å². The van der Waals surface area contributed by atoms with Crippen LogP contribution in [0.1, 0.15) is 67.4 Å². The van der Waals surface area contributed by atoms with Crippen LogP contribution in [0.5, 0.6) is 0 Å². The molecular weight excluding hydrogens is 318 g/mol. The molecule has 26 heavy (non-hydrogen) atoms. The number of rotatable bonds is 6. The van der Waals surface area contributed by atoms with E-state index in [0.717, 1.165) is 24.7 Å². The van der Waals surface area contributed by atoms with E-state index in [9.17, 15) is 0 Å². The molecule has 0 radical (unpaired) electrons. The second kappa shape index (κ2) is 7.11. The molecule has 0 amide bonds. The predicted molar refractivity (Wildman–Crippen MR) is 107 cm³/mol. The molecule has 138 valence electrons. The van der Waals surface area contributed by atoms with Gasteiger partial charge in [-0.05, 0) is 83.5 Å². The average molecular weight is 350 g/mol. The van der Waals surface area contributed by atoms with Crippen LogP contribution in [-0.4, -0.2) is 34.5 Å². The van der Waals surface area contributed by atoms with Crippen molar-refractivity contribution >= 4 is 0 Å². The number of benzene rings is 1. The maximum absolute atomic E-state index is 4.96. The molecule has 0 unspecified atom stereocenters. The van der Waals surface area contributed by atoms with Gasteiger partial charge in [-0.2, -0.15) is 0 Å². The number of hydrogen-bond acceptors (Lipinski definition) is 3. The fourth-order valence-electron chi connectivity index (χ4n) is 4.60. The topological polar surface area (TPSA) is 29.0 Å². The maximum Gasteiger partial charge on any atom is 0.125 e. The van der Waals surface area contributed by atoms with Crippen molar-refractivity contribution in [2.75, 3.05) is 13.6 Å². The van der Waals surface area contributed by atoms with Crippen LogP contribution in [0.25, 0.3) is 0 Å². The van der Waals surface area contributed by atoms with Gasteiger partial charge in [0, 0.05) is 17.2 Å². The zero-order chi connectivity index (χ0) is 18.1. The standard InChI is InChI=1S/C23H31N3/c1-17-24-21(12-8-16-26(3)19-13-14-19)20-11-7-15-23(2,22(20)25-17)18-9-5-4-6-10-18/h4-6,9-10,19H,7-8,11-16H2,1-3H3/t23-/m0/s1. The summed E-state index contributed by atoms with van der Waals surface area (Å²) in [4.78, 5) is 12.4. The molecule has 1 heterocycles. The summed E-state index contributed by atoms with van der Waals surface area (Å²) in [5.74, 6) is 0.929. The van der Waals surface area contributed by atoms with E-state index in [1.54, 1.807) is 0 Å². The number of fused-ring (bicyclic) bond motifs is 1. The van der Waals surface area contributed by atoms with Gasteiger partial charge in [-0.15, -0.1) is 0 Å². The third-order valence-electron chi connectivity index (χ3n) is 6.34. The molecule has 0 bridgehead atoms. The van der Waals surface area contributed by atoms with Crippen LogP contribution in [0.4, 0.5) is 0 Å². The molecule has 1 atom stereocenters. The molecule has 3 heteroatoms. The van der Waals surface area contributed by atoms with Crippen molar-refractivity contribution in [3.8, 4) is 0 Å². The molecular formula is C23H31N3. The van der Waals surface area contributed by atoms with E-state index in [2.05, 4.69) is 56.1 Å². The molecule has 2 aliphatic rings. The van der Waals surface area contributed by atoms with Crippen LogP contribution in [0, 0.1) is 6.92 Å². The minimum absolute atomic E-state index is 0.0160. The Kier molecular flexibility index (Phi) is 4.83. The lowest BCUT2D eigenvalue weighted by Gasteiger charge is -2.36. The Hall–Kier alpha value is -1.74. The average Bonchev–Trinajstić information content (AvgIpc) is 3.48. The normalized spacial score (nSPS) is 22.5. The van der Waals surface area contributed by atoms with E-state index in [4.69, 9.17) is 9.97 Å². The molecule has 1 aromatic heterocycles. The van der Waals surface area contributed by atoms with E-state index < -0.39 is 0 Å². The van der Waals surface area contributed by atoms with E-state index in [-0.39, 0.29) is 5.41 Å². The summed E-state index contributed by atoms with van der Waals surface area (Å²) in [7, 11) is 2.27. The van der Waals surface area contributed by atoms with Gasteiger partial charge in [-0.1, -0.05) is 30.3 Å². The van der Waals surface area contributed by atoms with Crippen LogP contribution in [-0.2, 0) is 18.3 Å². The monoisotopic (exact) mass is 349 g/mol. The molecule has 2 aliphatic carbocycles. The summed E-state index contributed by atoms with van der Waals surface area (Å²) < 4.78 is 0. The number of aryl methyl sites for hydroxylation is 2. The summed E-state index contributed by atoms with van der Waals surface area (Å²) >= 11 is 0. The first-order chi connectivity index (χ1) is 12.6. The lowest BCUT2D eigenvalue weighted by atomic mass is 9.69.